The summed E-state index contributed by atoms with van der Waals surface area (Å²) in [6.07, 6.45) is 8.37. The van der Waals surface area contributed by atoms with Crippen molar-refractivity contribution < 1.29 is 9.18 Å². The number of likely N-dealkylation sites (tertiary alicyclic amines) is 2. The highest BCUT2D eigenvalue weighted by Crippen LogP contribution is 2.40. The number of benzene rings is 1. The molecule has 2 saturated heterocycles. The third kappa shape index (κ3) is 4.56. The van der Waals surface area contributed by atoms with Gasteiger partial charge in [-0.25, -0.2) is 14.4 Å². The monoisotopic (exact) mass is 425 g/mol. The molecule has 0 spiro atoms. The lowest BCUT2D eigenvalue weighted by molar-refractivity contribution is -0.140. The molecule has 2 atom stereocenters. The molecule has 1 aromatic heterocycles. The lowest BCUT2D eigenvalue weighted by atomic mass is 9.84. The van der Waals surface area contributed by atoms with Gasteiger partial charge >= 0.3 is 0 Å². The number of hydrogen-bond donors (Lipinski definition) is 0. The summed E-state index contributed by atoms with van der Waals surface area (Å²) in [7, 11) is 3.87. The van der Waals surface area contributed by atoms with Crippen LogP contribution in [0.5, 0.6) is 0 Å². The Morgan fingerprint density at radius 2 is 1.81 bits per heavy atom. The van der Waals surface area contributed by atoms with Crippen molar-refractivity contribution in [2.75, 3.05) is 25.5 Å². The smallest absolute Gasteiger partial charge is 0.224 e. The molecule has 4 rings (SSSR count). The van der Waals surface area contributed by atoms with E-state index in [1.807, 2.05) is 31.4 Å². The molecule has 7 heteroatoms. The van der Waals surface area contributed by atoms with Crippen molar-refractivity contribution >= 4 is 11.9 Å². The Labute approximate surface area is 184 Å². The van der Waals surface area contributed by atoms with Crippen LogP contribution in [0.3, 0.4) is 0 Å². The molecule has 0 radical (unpaired) electrons. The van der Waals surface area contributed by atoms with E-state index in [1.165, 1.54) is 12.1 Å². The van der Waals surface area contributed by atoms with E-state index in [0.29, 0.717) is 18.9 Å². The molecule has 2 aliphatic heterocycles. The Morgan fingerprint density at radius 3 is 2.48 bits per heavy atom. The largest absolute Gasteiger partial charge is 0.347 e. The van der Waals surface area contributed by atoms with Crippen LogP contribution in [0.15, 0.2) is 36.7 Å². The summed E-state index contributed by atoms with van der Waals surface area (Å²) in [4.78, 5) is 28.5. The van der Waals surface area contributed by atoms with Crippen LogP contribution in [0.25, 0.3) is 0 Å². The van der Waals surface area contributed by atoms with Crippen molar-refractivity contribution in [1.29, 1.82) is 0 Å². The van der Waals surface area contributed by atoms with Crippen LogP contribution in [0.4, 0.5) is 10.3 Å². The molecule has 0 bridgehead atoms. The molecule has 166 valence electrons. The van der Waals surface area contributed by atoms with Gasteiger partial charge < -0.3 is 9.80 Å². The number of carbonyl (C=O) groups excluding carboxylic acids is 1. The van der Waals surface area contributed by atoms with E-state index in [-0.39, 0.29) is 23.3 Å². The van der Waals surface area contributed by atoms with Gasteiger partial charge in [-0.15, -0.1) is 0 Å². The SMILES string of the molecule is CN(C)c1ncc(CN2CC[C@]3(C)[C@H]2CCCCC(=O)N3Cc2ccc(F)cc2)cn1. The highest BCUT2D eigenvalue weighted by atomic mass is 19.1. The second kappa shape index (κ2) is 8.91. The standard InChI is InChI=1S/C24H32FN5O/c1-24-12-13-29(16-19-14-26-23(27-15-19)28(2)3)21(24)6-4-5-7-22(31)30(24)17-18-8-10-20(25)11-9-18/h8-11,14-15,21H,4-7,12-13,16-17H2,1-3H3/t21-,24-/m1/s1. The quantitative estimate of drug-likeness (QED) is 0.732. The molecular weight excluding hydrogens is 393 g/mol. The van der Waals surface area contributed by atoms with Gasteiger partial charge in [0.1, 0.15) is 5.82 Å². The van der Waals surface area contributed by atoms with Gasteiger partial charge in [0.2, 0.25) is 11.9 Å². The lowest BCUT2D eigenvalue weighted by Gasteiger charge is -2.46. The number of halogens is 1. The molecule has 1 aromatic carbocycles. The van der Waals surface area contributed by atoms with E-state index in [9.17, 15) is 9.18 Å². The van der Waals surface area contributed by atoms with Crippen LogP contribution >= 0.6 is 0 Å². The summed E-state index contributed by atoms with van der Waals surface area (Å²) >= 11 is 0. The Kier molecular flexibility index (Phi) is 6.23. The summed E-state index contributed by atoms with van der Waals surface area (Å²) < 4.78 is 13.4. The fourth-order valence-electron chi connectivity index (χ4n) is 5.05. The van der Waals surface area contributed by atoms with Gasteiger partial charge in [-0.2, -0.15) is 0 Å². The van der Waals surface area contributed by atoms with Gasteiger partial charge in [0.25, 0.3) is 0 Å². The van der Waals surface area contributed by atoms with E-state index in [1.54, 1.807) is 12.1 Å². The number of rotatable bonds is 5. The van der Waals surface area contributed by atoms with Crippen molar-refractivity contribution in [3.63, 3.8) is 0 Å². The first-order valence-corrected chi connectivity index (χ1v) is 11.1. The third-order valence-corrected chi connectivity index (χ3v) is 6.83. The molecule has 31 heavy (non-hydrogen) atoms. The molecule has 2 fully saturated rings. The van der Waals surface area contributed by atoms with Crippen LogP contribution < -0.4 is 4.90 Å². The predicted octanol–water partition coefficient (Wildman–Crippen LogP) is 3.62. The first-order valence-electron chi connectivity index (χ1n) is 11.1. The van der Waals surface area contributed by atoms with Crippen molar-refractivity contribution in [3.8, 4) is 0 Å². The second-order valence-corrected chi connectivity index (χ2v) is 9.23. The summed E-state index contributed by atoms with van der Waals surface area (Å²) in [5.41, 5.74) is 1.82. The van der Waals surface area contributed by atoms with Gasteiger partial charge in [-0.3, -0.25) is 9.69 Å². The van der Waals surface area contributed by atoms with Crippen molar-refractivity contribution in [2.45, 2.75) is 63.7 Å². The maximum Gasteiger partial charge on any atom is 0.224 e. The van der Waals surface area contributed by atoms with Gasteiger partial charge in [-0.05, 0) is 43.9 Å². The average molecular weight is 426 g/mol. The van der Waals surface area contributed by atoms with Crippen LogP contribution in [0.1, 0.15) is 50.2 Å². The number of nitrogens with zero attached hydrogens (tertiary/aromatic N) is 5. The Balaban J connectivity index is 1.56. The molecule has 3 heterocycles. The summed E-state index contributed by atoms with van der Waals surface area (Å²) in [6, 6.07) is 6.81. The minimum absolute atomic E-state index is 0.206. The van der Waals surface area contributed by atoms with Crippen molar-refractivity contribution in [1.82, 2.24) is 19.8 Å². The second-order valence-electron chi connectivity index (χ2n) is 9.23. The van der Waals surface area contributed by atoms with Gasteiger partial charge in [0.05, 0.1) is 5.54 Å². The van der Waals surface area contributed by atoms with Gasteiger partial charge in [-0.1, -0.05) is 18.6 Å². The number of hydrogen-bond acceptors (Lipinski definition) is 5. The summed E-state index contributed by atoms with van der Waals surface area (Å²) in [5.74, 6) is 0.662. The van der Waals surface area contributed by atoms with Crippen molar-refractivity contribution in [2.24, 2.45) is 0 Å². The summed E-state index contributed by atoms with van der Waals surface area (Å²) in [6.45, 7) is 4.48. The molecule has 0 aliphatic carbocycles. The zero-order valence-electron chi connectivity index (χ0n) is 18.7. The molecule has 2 aliphatic rings. The van der Waals surface area contributed by atoms with Crippen LogP contribution in [0.2, 0.25) is 0 Å². The normalized spacial score (nSPS) is 24.6. The molecule has 0 N–H and O–H groups in total. The maximum atomic E-state index is 13.4. The number of fused-ring (bicyclic) bond motifs is 1. The first-order chi connectivity index (χ1) is 14.9. The Morgan fingerprint density at radius 1 is 1.10 bits per heavy atom. The first kappa shape index (κ1) is 21.7. The Bertz CT molecular complexity index is 901. The fourth-order valence-corrected chi connectivity index (χ4v) is 5.05. The Hall–Kier alpha value is -2.54. The molecule has 0 saturated carbocycles. The highest BCUT2D eigenvalue weighted by Gasteiger charge is 2.49. The highest BCUT2D eigenvalue weighted by molar-refractivity contribution is 5.77. The van der Waals surface area contributed by atoms with Crippen LogP contribution in [-0.2, 0) is 17.9 Å². The number of aromatic nitrogens is 2. The van der Waals surface area contributed by atoms with E-state index in [0.717, 1.165) is 49.9 Å². The topological polar surface area (TPSA) is 52.6 Å². The minimum atomic E-state index is -0.249. The average Bonchev–Trinajstić information content (AvgIpc) is 3.05. The van der Waals surface area contributed by atoms with Crippen molar-refractivity contribution in [3.05, 3.63) is 53.6 Å². The third-order valence-electron chi connectivity index (χ3n) is 6.83. The minimum Gasteiger partial charge on any atom is -0.347 e. The molecule has 6 nitrogen and oxygen atoms in total. The number of amides is 1. The van der Waals surface area contributed by atoms with Gasteiger partial charge in [0.15, 0.2) is 0 Å². The van der Waals surface area contributed by atoms with E-state index >= 15 is 0 Å². The molecule has 0 unspecified atom stereocenters. The lowest BCUT2D eigenvalue weighted by Crippen LogP contribution is -2.57. The number of carbonyl (C=O) groups is 1. The molecule has 1 amide bonds. The zero-order valence-corrected chi connectivity index (χ0v) is 18.7. The zero-order chi connectivity index (χ0) is 22.0. The molecular formula is C24H32FN5O. The van der Waals surface area contributed by atoms with E-state index in [2.05, 4.69) is 26.7 Å². The fraction of sp³-hybridized carbons (Fsp3) is 0.542. The predicted molar refractivity (Wildman–Crippen MR) is 119 cm³/mol. The number of anilines is 1. The molecule has 2 aromatic rings. The van der Waals surface area contributed by atoms with Crippen LogP contribution in [0, 0.1) is 5.82 Å². The summed E-state index contributed by atoms with van der Waals surface area (Å²) in [5, 5.41) is 0. The van der Waals surface area contributed by atoms with E-state index in [4.69, 9.17) is 0 Å². The van der Waals surface area contributed by atoms with Crippen LogP contribution in [-0.4, -0.2) is 57.9 Å². The van der Waals surface area contributed by atoms with Gasteiger partial charge in [0, 0.05) is 64.1 Å². The van der Waals surface area contributed by atoms with E-state index < -0.39 is 0 Å². The maximum absolute atomic E-state index is 13.4.